The maximum absolute atomic E-state index is 9.61. The number of aromatic nitrogens is 2. The van der Waals surface area contributed by atoms with Crippen LogP contribution in [0.25, 0.3) is 11.3 Å². The molecule has 0 unspecified atom stereocenters. The second kappa shape index (κ2) is 5.70. The first-order valence-corrected chi connectivity index (χ1v) is 7.94. The van der Waals surface area contributed by atoms with Crippen LogP contribution in [0.15, 0.2) is 28.7 Å². The summed E-state index contributed by atoms with van der Waals surface area (Å²) in [5.74, 6) is 1.52. The molecule has 1 aliphatic carbocycles. The molecule has 1 aromatic carbocycles. The summed E-state index contributed by atoms with van der Waals surface area (Å²) in [5.41, 5.74) is 3.26. The van der Waals surface area contributed by atoms with E-state index in [1.165, 1.54) is 0 Å². The molecule has 1 aromatic heterocycles. The van der Waals surface area contributed by atoms with E-state index >= 15 is 0 Å². The Morgan fingerprint density at radius 1 is 1.20 bits per heavy atom. The van der Waals surface area contributed by atoms with Crippen LogP contribution in [0.1, 0.15) is 43.1 Å². The standard InChI is InChI=1S/C16H19BrN2O/c1-10-15(13-4-2-3-5-14(13)17)19-16(18-10)11-6-8-12(20)9-7-11/h2-5,11-12,20H,6-9H2,1H3,(H,18,19). The van der Waals surface area contributed by atoms with Crippen molar-refractivity contribution in [1.29, 1.82) is 0 Å². The van der Waals surface area contributed by atoms with E-state index < -0.39 is 0 Å². The maximum Gasteiger partial charge on any atom is 0.110 e. The van der Waals surface area contributed by atoms with E-state index in [1.807, 2.05) is 18.2 Å². The van der Waals surface area contributed by atoms with Gasteiger partial charge >= 0.3 is 0 Å². The minimum absolute atomic E-state index is 0.120. The highest BCUT2D eigenvalue weighted by molar-refractivity contribution is 9.10. The summed E-state index contributed by atoms with van der Waals surface area (Å²) in [7, 11) is 0. The van der Waals surface area contributed by atoms with E-state index in [4.69, 9.17) is 4.98 Å². The first-order valence-electron chi connectivity index (χ1n) is 7.14. The molecular formula is C16H19BrN2O. The van der Waals surface area contributed by atoms with Crippen molar-refractivity contribution in [2.24, 2.45) is 0 Å². The summed E-state index contributed by atoms with van der Waals surface area (Å²) in [5, 5.41) is 9.61. The first kappa shape index (κ1) is 13.8. The Hall–Kier alpha value is -1.13. The quantitative estimate of drug-likeness (QED) is 0.865. The highest BCUT2D eigenvalue weighted by Crippen LogP contribution is 2.35. The zero-order valence-electron chi connectivity index (χ0n) is 11.6. The highest BCUT2D eigenvalue weighted by atomic mass is 79.9. The molecule has 0 atom stereocenters. The predicted octanol–water partition coefficient (Wildman–Crippen LogP) is 4.17. The number of nitrogens with one attached hydrogen (secondary N) is 1. The number of aromatic amines is 1. The van der Waals surface area contributed by atoms with Gasteiger partial charge in [-0.1, -0.05) is 34.1 Å². The van der Waals surface area contributed by atoms with Gasteiger partial charge in [-0.15, -0.1) is 0 Å². The van der Waals surface area contributed by atoms with Crippen molar-refractivity contribution < 1.29 is 5.11 Å². The molecule has 3 rings (SSSR count). The van der Waals surface area contributed by atoms with E-state index in [9.17, 15) is 5.11 Å². The second-order valence-electron chi connectivity index (χ2n) is 5.58. The lowest BCUT2D eigenvalue weighted by Crippen LogP contribution is -2.17. The minimum atomic E-state index is -0.120. The second-order valence-corrected chi connectivity index (χ2v) is 6.44. The number of halogens is 1. The van der Waals surface area contributed by atoms with Crippen LogP contribution in [0, 0.1) is 6.92 Å². The molecule has 20 heavy (non-hydrogen) atoms. The number of imidazole rings is 1. The van der Waals surface area contributed by atoms with Crippen LogP contribution >= 0.6 is 15.9 Å². The molecule has 0 aliphatic heterocycles. The van der Waals surface area contributed by atoms with Gasteiger partial charge in [0.05, 0.1) is 11.8 Å². The van der Waals surface area contributed by atoms with Crippen LogP contribution < -0.4 is 0 Å². The number of aryl methyl sites for hydroxylation is 1. The summed E-state index contributed by atoms with van der Waals surface area (Å²) >= 11 is 3.59. The Labute approximate surface area is 127 Å². The van der Waals surface area contributed by atoms with Crippen molar-refractivity contribution in [3.8, 4) is 11.3 Å². The summed E-state index contributed by atoms with van der Waals surface area (Å²) in [6, 6.07) is 8.17. The van der Waals surface area contributed by atoms with Gasteiger partial charge in [-0.05, 0) is 38.7 Å². The summed E-state index contributed by atoms with van der Waals surface area (Å²) < 4.78 is 1.07. The molecule has 4 heteroatoms. The summed E-state index contributed by atoms with van der Waals surface area (Å²) in [6.07, 6.45) is 3.68. The lowest BCUT2D eigenvalue weighted by atomic mass is 9.87. The van der Waals surface area contributed by atoms with E-state index in [-0.39, 0.29) is 6.10 Å². The van der Waals surface area contributed by atoms with Crippen LogP contribution in [-0.2, 0) is 0 Å². The van der Waals surface area contributed by atoms with Gasteiger partial charge < -0.3 is 10.1 Å². The van der Waals surface area contributed by atoms with E-state index in [2.05, 4.69) is 33.9 Å². The Morgan fingerprint density at radius 3 is 2.60 bits per heavy atom. The number of H-pyrrole nitrogens is 1. The average molecular weight is 335 g/mol. The van der Waals surface area contributed by atoms with Gasteiger partial charge in [0.1, 0.15) is 5.82 Å². The molecule has 2 aromatic rings. The number of hydrogen-bond donors (Lipinski definition) is 2. The maximum atomic E-state index is 9.61. The van der Waals surface area contributed by atoms with E-state index in [1.54, 1.807) is 0 Å². The van der Waals surface area contributed by atoms with Gasteiger partial charge in [-0.3, -0.25) is 0 Å². The van der Waals surface area contributed by atoms with Crippen molar-refractivity contribution in [3.05, 3.63) is 40.3 Å². The van der Waals surface area contributed by atoms with Crippen molar-refractivity contribution >= 4 is 15.9 Å². The van der Waals surface area contributed by atoms with Gasteiger partial charge in [0.15, 0.2) is 0 Å². The fourth-order valence-electron chi connectivity index (χ4n) is 2.94. The van der Waals surface area contributed by atoms with E-state index in [0.717, 1.165) is 52.9 Å². The molecule has 2 N–H and O–H groups in total. The number of aliphatic hydroxyl groups is 1. The van der Waals surface area contributed by atoms with Gasteiger partial charge in [0.2, 0.25) is 0 Å². The number of benzene rings is 1. The van der Waals surface area contributed by atoms with Gasteiger partial charge in [0.25, 0.3) is 0 Å². The Bertz CT molecular complexity index is 600. The lowest BCUT2D eigenvalue weighted by molar-refractivity contribution is 0.121. The fourth-order valence-corrected chi connectivity index (χ4v) is 3.41. The molecule has 1 aliphatic rings. The Kier molecular flexibility index (Phi) is 3.94. The average Bonchev–Trinajstić information content (AvgIpc) is 2.82. The van der Waals surface area contributed by atoms with Crippen molar-refractivity contribution in [2.75, 3.05) is 0 Å². The summed E-state index contributed by atoms with van der Waals surface area (Å²) in [4.78, 5) is 8.26. The largest absolute Gasteiger partial charge is 0.393 e. The molecule has 0 bridgehead atoms. The van der Waals surface area contributed by atoms with Crippen molar-refractivity contribution in [1.82, 2.24) is 9.97 Å². The Balaban J connectivity index is 1.90. The van der Waals surface area contributed by atoms with Gasteiger partial charge in [-0.25, -0.2) is 4.98 Å². The van der Waals surface area contributed by atoms with Crippen molar-refractivity contribution in [2.45, 2.75) is 44.6 Å². The van der Waals surface area contributed by atoms with Gasteiger partial charge in [-0.2, -0.15) is 0 Å². The third kappa shape index (κ3) is 2.67. The lowest BCUT2D eigenvalue weighted by Gasteiger charge is -2.23. The van der Waals surface area contributed by atoms with Crippen molar-refractivity contribution in [3.63, 3.8) is 0 Å². The van der Waals surface area contributed by atoms with Crippen LogP contribution in [0.3, 0.4) is 0 Å². The van der Waals surface area contributed by atoms with Crippen LogP contribution in [0.4, 0.5) is 0 Å². The van der Waals surface area contributed by atoms with E-state index in [0.29, 0.717) is 5.92 Å². The SMILES string of the molecule is Cc1[nH]c(C2CCC(O)CC2)nc1-c1ccccc1Br. The first-order chi connectivity index (χ1) is 9.65. The fraction of sp³-hybridized carbons (Fsp3) is 0.438. The van der Waals surface area contributed by atoms with Crippen LogP contribution in [0.2, 0.25) is 0 Å². The molecule has 106 valence electrons. The van der Waals surface area contributed by atoms with Gasteiger partial charge in [0, 0.05) is 21.6 Å². The topological polar surface area (TPSA) is 48.9 Å². The number of aliphatic hydroxyl groups excluding tert-OH is 1. The number of rotatable bonds is 2. The molecule has 1 saturated carbocycles. The predicted molar refractivity (Wildman–Crippen MR) is 83.7 cm³/mol. The van der Waals surface area contributed by atoms with Crippen LogP contribution in [0.5, 0.6) is 0 Å². The molecule has 0 radical (unpaired) electrons. The minimum Gasteiger partial charge on any atom is -0.393 e. The molecule has 1 fully saturated rings. The molecule has 0 saturated heterocycles. The molecule has 1 heterocycles. The zero-order chi connectivity index (χ0) is 14.1. The number of hydrogen-bond acceptors (Lipinski definition) is 2. The molecule has 0 spiro atoms. The zero-order valence-corrected chi connectivity index (χ0v) is 13.2. The number of nitrogens with zero attached hydrogens (tertiary/aromatic N) is 1. The highest BCUT2D eigenvalue weighted by Gasteiger charge is 2.24. The Morgan fingerprint density at radius 2 is 1.90 bits per heavy atom. The third-order valence-electron chi connectivity index (χ3n) is 4.12. The summed E-state index contributed by atoms with van der Waals surface area (Å²) in [6.45, 7) is 2.07. The van der Waals surface area contributed by atoms with Crippen LogP contribution in [-0.4, -0.2) is 21.2 Å². The third-order valence-corrected chi connectivity index (χ3v) is 4.81. The normalized spacial score (nSPS) is 22.9. The molecular weight excluding hydrogens is 316 g/mol. The smallest absolute Gasteiger partial charge is 0.110 e. The molecule has 3 nitrogen and oxygen atoms in total. The monoisotopic (exact) mass is 334 g/mol. The molecule has 0 amide bonds.